The molecule has 1 aromatic rings. The lowest BCUT2D eigenvalue weighted by atomic mass is 9.97. The summed E-state index contributed by atoms with van der Waals surface area (Å²) in [6, 6.07) is 6.10. The Morgan fingerprint density at radius 1 is 1.50 bits per heavy atom. The summed E-state index contributed by atoms with van der Waals surface area (Å²) in [6.07, 6.45) is 0. The first kappa shape index (κ1) is 10.2. The molecule has 1 fully saturated rings. The Balaban J connectivity index is 2.28. The monoisotopic (exact) mass is 304 g/mol. The minimum absolute atomic E-state index is 0.351. The lowest BCUT2D eigenvalue weighted by Crippen LogP contribution is -2.24. The second-order valence-corrected chi connectivity index (χ2v) is 4.85. The zero-order valence-corrected chi connectivity index (χ0v) is 10.1. The summed E-state index contributed by atoms with van der Waals surface area (Å²) in [7, 11) is 0. The van der Waals surface area contributed by atoms with Crippen LogP contribution < -0.4 is 10.9 Å². The maximum Gasteiger partial charge on any atom is 0.128 e. The highest BCUT2D eigenvalue weighted by atomic mass is 127. The van der Waals surface area contributed by atoms with Gasteiger partial charge < -0.3 is 5.11 Å². The van der Waals surface area contributed by atoms with Crippen LogP contribution >= 0.6 is 22.6 Å². The van der Waals surface area contributed by atoms with E-state index in [1.165, 1.54) is 5.56 Å². The lowest BCUT2D eigenvalue weighted by molar-refractivity contribution is 0.468. The molecule has 0 saturated carbocycles. The van der Waals surface area contributed by atoms with Crippen LogP contribution in [0, 0.1) is 9.49 Å². The van der Waals surface area contributed by atoms with Crippen molar-refractivity contribution in [3.05, 3.63) is 27.3 Å². The van der Waals surface area contributed by atoms with E-state index in [0.29, 0.717) is 17.7 Å². The predicted molar refractivity (Wildman–Crippen MR) is 63.9 cm³/mol. The number of nitrogens with one attached hydrogen (secondary N) is 2. The molecule has 4 heteroatoms. The molecule has 2 atom stereocenters. The molecule has 1 aliphatic rings. The topological polar surface area (TPSA) is 44.3 Å². The summed E-state index contributed by atoms with van der Waals surface area (Å²) in [4.78, 5) is 0. The third kappa shape index (κ3) is 1.87. The molecule has 0 aliphatic carbocycles. The van der Waals surface area contributed by atoms with Gasteiger partial charge in [-0.1, -0.05) is 13.0 Å². The van der Waals surface area contributed by atoms with Crippen molar-refractivity contribution in [2.45, 2.75) is 13.0 Å². The molecule has 1 aromatic carbocycles. The molecule has 0 amide bonds. The first-order chi connectivity index (χ1) is 6.68. The van der Waals surface area contributed by atoms with E-state index < -0.39 is 0 Å². The average molecular weight is 304 g/mol. The molecular formula is C10H13IN2O. The highest BCUT2D eigenvalue weighted by Gasteiger charge is 2.24. The van der Waals surface area contributed by atoms with Crippen LogP contribution in [-0.4, -0.2) is 11.7 Å². The largest absolute Gasteiger partial charge is 0.507 e. The van der Waals surface area contributed by atoms with Crippen LogP contribution in [0.2, 0.25) is 0 Å². The van der Waals surface area contributed by atoms with Crippen LogP contribution in [0.25, 0.3) is 0 Å². The highest BCUT2D eigenvalue weighted by Crippen LogP contribution is 2.28. The van der Waals surface area contributed by atoms with Crippen LogP contribution in [0.15, 0.2) is 18.2 Å². The maximum atomic E-state index is 9.41. The van der Waals surface area contributed by atoms with E-state index >= 15 is 0 Å². The number of hydrazine groups is 1. The number of hydrogen-bond acceptors (Lipinski definition) is 3. The van der Waals surface area contributed by atoms with Crippen molar-refractivity contribution in [3.63, 3.8) is 0 Å². The molecule has 1 saturated heterocycles. The normalized spacial score (nSPS) is 26.7. The average Bonchev–Trinajstić information content (AvgIpc) is 2.57. The van der Waals surface area contributed by atoms with Gasteiger partial charge in [0.25, 0.3) is 0 Å². The van der Waals surface area contributed by atoms with Crippen LogP contribution in [0.4, 0.5) is 0 Å². The number of hydrogen-bond donors (Lipinski definition) is 3. The Kier molecular flexibility index (Phi) is 2.94. The molecule has 0 spiro atoms. The first-order valence-corrected chi connectivity index (χ1v) is 5.73. The van der Waals surface area contributed by atoms with E-state index in [4.69, 9.17) is 0 Å². The fourth-order valence-corrected chi connectivity index (χ4v) is 2.26. The zero-order valence-electron chi connectivity index (χ0n) is 7.92. The predicted octanol–water partition coefficient (Wildman–Crippen LogP) is 1.78. The SMILES string of the molecule is CC1CNNC1c1ccc(O)c(I)c1. The molecule has 2 rings (SSSR count). The van der Waals surface area contributed by atoms with Gasteiger partial charge in [0.05, 0.1) is 9.61 Å². The summed E-state index contributed by atoms with van der Waals surface area (Å²) in [5.74, 6) is 0.934. The third-order valence-electron chi connectivity index (χ3n) is 2.58. The zero-order chi connectivity index (χ0) is 10.1. The summed E-state index contributed by atoms with van der Waals surface area (Å²) in [5.41, 5.74) is 7.60. The van der Waals surface area contributed by atoms with Gasteiger partial charge in [-0.3, -0.25) is 10.9 Å². The van der Waals surface area contributed by atoms with Crippen molar-refractivity contribution < 1.29 is 5.11 Å². The van der Waals surface area contributed by atoms with Gasteiger partial charge in [-0.25, -0.2) is 0 Å². The second kappa shape index (κ2) is 4.04. The van der Waals surface area contributed by atoms with E-state index in [-0.39, 0.29) is 0 Å². The molecule has 0 aromatic heterocycles. The van der Waals surface area contributed by atoms with Crippen molar-refractivity contribution in [2.24, 2.45) is 5.92 Å². The van der Waals surface area contributed by atoms with Crippen molar-refractivity contribution in [3.8, 4) is 5.75 Å². The fourth-order valence-electron chi connectivity index (χ4n) is 1.72. The molecule has 0 radical (unpaired) electrons. The highest BCUT2D eigenvalue weighted by molar-refractivity contribution is 14.1. The Bertz CT molecular complexity index is 343. The van der Waals surface area contributed by atoms with Crippen molar-refractivity contribution in [1.82, 2.24) is 10.9 Å². The van der Waals surface area contributed by atoms with Crippen molar-refractivity contribution in [1.29, 1.82) is 0 Å². The fraction of sp³-hybridized carbons (Fsp3) is 0.400. The van der Waals surface area contributed by atoms with Crippen molar-refractivity contribution >= 4 is 22.6 Å². The van der Waals surface area contributed by atoms with Crippen molar-refractivity contribution in [2.75, 3.05) is 6.54 Å². The molecule has 1 heterocycles. The Hall–Kier alpha value is -0.330. The van der Waals surface area contributed by atoms with Gasteiger partial charge in [0, 0.05) is 6.54 Å². The number of halogens is 1. The van der Waals surface area contributed by atoms with E-state index in [9.17, 15) is 5.11 Å². The van der Waals surface area contributed by atoms with Crippen LogP contribution in [0.1, 0.15) is 18.5 Å². The van der Waals surface area contributed by atoms with E-state index in [1.807, 2.05) is 12.1 Å². The van der Waals surface area contributed by atoms with Gasteiger partial charge in [0.1, 0.15) is 5.75 Å². The minimum atomic E-state index is 0.351. The summed E-state index contributed by atoms with van der Waals surface area (Å²) >= 11 is 2.15. The van der Waals surface area contributed by atoms with Gasteiger partial charge >= 0.3 is 0 Å². The number of rotatable bonds is 1. The van der Waals surface area contributed by atoms with Gasteiger partial charge in [-0.05, 0) is 46.2 Å². The minimum Gasteiger partial charge on any atom is -0.507 e. The smallest absolute Gasteiger partial charge is 0.128 e. The number of aromatic hydroxyl groups is 1. The summed E-state index contributed by atoms with van der Waals surface area (Å²) in [6.45, 7) is 3.19. The molecule has 2 unspecified atom stereocenters. The number of phenols is 1. The Morgan fingerprint density at radius 2 is 2.29 bits per heavy atom. The Morgan fingerprint density at radius 3 is 2.86 bits per heavy atom. The van der Waals surface area contributed by atoms with Crippen LogP contribution in [0.3, 0.4) is 0 Å². The summed E-state index contributed by atoms with van der Waals surface area (Å²) in [5, 5.41) is 9.41. The molecule has 76 valence electrons. The first-order valence-electron chi connectivity index (χ1n) is 4.65. The van der Waals surface area contributed by atoms with E-state index in [0.717, 1.165) is 10.1 Å². The Labute approximate surface area is 97.0 Å². The molecule has 3 nitrogen and oxygen atoms in total. The molecule has 1 aliphatic heterocycles. The molecular weight excluding hydrogens is 291 g/mol. The standard InChI is InChI=1S/C10H13IN2O/c1-6-5-12-13-10(6)7-2-3-9(14)8(11)4-7/h2-4,6,10,12-14H,5H2,1H3. The van der Waals surface area contributed by atoms with Crippen LogP contribution in [-0.2, 0) is 0 Å². The second-order valence-electron chi connectivity index (χ2n) is 3.69. The molecule has 0 bridgehead atoms. The van der Waals surface area contributed by atoms with Gasteiger partial charge in [-0.15, -0.1) is 0 Å². The van der Waals surface area contributed by atoms with Crippen LogP contribution in [0.5, 0.6) is 5.75 Å². The number of phenolic OH excluding ortho intramolecular Hbond substituents is 1. The van der Waals surface area contributed by atoms with Gasteiger partial charge in [-0.2, -0.15) is 0 Å². The molecule has 14 heavy (non-hydrogen) atoms. The van der Waals surface area contributed by atoms with Gasteiger partial charge in [0.15, 0.2) is 0 Å². The third-order valence-corrected chi connectivity index (χ3v) is 3.45. The summed E-state index contributed by atoms with van der Waals surface area (Å²) < 4.78 is 0.904. The molecule has 3 N–H and O–H groups in total. The van der Waals surface area contributed by atoms with E-state index in [1.54, 1.807) is 6.07 Å². The maximum absolute atomic E-state index is 9.41. The van der Waals surface area contributed by atoms with E-state index in [2.05, 4.69) is 40.4 Å². The number of benzene rings is 1. The van der Waals surface area contributed by atoms with Gasteiger partial charge in [0.2, 0.25) is 0 Å². The lowest BCUT2D eigenvalue weighted by Gasteiger charge is -2.15. The quantitative estimate of drug-likeness (QED) is 0.693.